The highest BCUT2D eigenvalue weighted by Crippen LogP contribution is 2.44. The van der Waals surface area contributed by atoms with Gasteiger partial charge in [-0.3, -0.25) is 4.79 Å². The summed E-state index contributed by atoms with van der Waals surface area (Å²) in [5, 5.41) is 9.83. The monoisotopic (exact) mass is 314 g/mol. The molecule has 2 saturated carbocycles. The van der Waals surface area contributed by atoms with Crippen molar-refractivity contribution in [3.63, 3.8) is 0 Å². The SMILES string of the molecule is CC1(C)CCCC(c2ccc(C3(C(=O)O)CCCCC3)cc2)C1. The zero-order chi connectivity index (χ0) is 16.5. The van der Waals surface area contributed by atoms with Crippen molar-refractivity contribution < 1.29 is 9.90 Å². The van der Waals surface area contributed by atoms with Crippen molar-refractivity contribution in [3.05, 3.63) is 35.4 Å². The van der Waals surface area contributed by atoms with Gasteiger partial charge in [-0.15, -0.1) is 0 Å². The van der Waals surface area contributed by atoms with Gasteiger partial charge in [0.25, 0.3) is 0 Å². The molecule has 1 aromatic rings. The fourth-order valence-corrected chi connectivity index (χ4v) is 4.84. The molecular weight excluding hydrogens is 284 g/mol. The molecule has 2 nitrogen and oxygen atoms in total. The third-order valence-corrected chi connectivity index (χ3v) is 6.26. The third-order valence-electron chi connectivity index (χ3n) is 6.26. The van der Waals surface area contributed by atoms with Gasteiger partial charge in [0.1, 0.15) is 0 Å². The van der Waals surface area contributed by atoms with Crippen molar-refractivity contribution >= 4 is 5.97 Å². The molecule has 3 rings (SSSR count). The highest BCUT2D eigenvalue weighted by atomic mass is 16.4. The Morgan fingerprint density at radius 2 is 1.65 bits per heavy atom. The second-order valence-electron chi connectivity index (χ2n) is 8.53. The van der Waals surface area contributed by atoms with Crippen molar-refractivity contribution in [3.8, 4) is 0 Å². The van der Waals surface area contributed by atoms with Gasteiger partial charge in [0.05, 0.1) is 5.41 Å². The Bertz CT molecular complexity index is 550. The van der Waals surface area contributed by atoms with Gasteiger partial charge in [-0.05, 0) is 54.6 Å². The van der Waals surface area contributed by atoms with E-state index in [-0.39, 0.29) is 0 Å². The molecular formula is C21H30O2. The molecule has 2 fully saturated rings. The highest BCUT2D eigenvalue weighted by Gasteiger charge is 2.41. The molecule has 1 aromatic carbocycles. The maximum Gasteiger partial charge on any atom is 0.314 e. The molecule has 2 aliphatic carbocycles. The highest BCUT2D eigenvalue weighted by molar-refractivity contribution is 5.81. The fourth-order valence-electron chi connectivity index (χ4n) is 4.84. The van der Waals surface area contributed by atoms with E-state index in [4.69, 9.17) is 0 Å². The fraction of sp³-hybridized carbons (Fsp3) is 0.667. The van der Waals surface area contributed by atoms with Crippen molar-refractivity contribution in [1.82, 2.24) is 0 Å². The number of hydrogen-bond donors (Lipinski definition) is 1. The first-order valence-electron chi connectivity index (χ1n) is 9.27. The molecule has 0 aliphatic heterocycles. The van der Waals surface area contributed by atoms with Crippen LogP contribution in [0.5, 0.6) is 0 Å². The number of benzene rings is 1. The Kier molecular flexibility index (Phi) is 4.53. The summed E-state index contributed by atoms with van der Waals surface area (Å²) in [6.45, 7) is 4.74. The topological polar surface area (TPSA) is 37.3 Å². The number of carboxylic acids is 1. The van der Waals surface area contributed by atoms with E-state index in [1.54, 1.807) is 0 Å². The van der Waals surface area contributed by atoms with E-state index in [1.807, 2.05) is 0 Å². The van der Waals surface area contributed by atoms with E-state index in [0.717, 1.165) is 31.2 Å². The van der Waals surface area contributed by atoms with Gasteiger partial charge >= 0.3 is 5.97 Å². The average Bonchev–Trinajstić information content (AvgIpc) is 2.54. The van der Waals surface area contributed by atoms with Crippen molar-refractivity contribution in [1.29, 1.82) is 0 Å². The quantitative estimate of drug-likeness (QED) is 0.782. The summed E-state index contributed by atoms with van der Waals surface area (Å²) in [6.07, 6.45) is 9.96. The van der Waals surface area contributed by atoms with Crippen LogP contribution in [-0.2, 0) is 10.2 Å². The lowest BCUT2D eigenvalue weighted by molar-refractivity contribution is -0.145. The van der Waals surface area contributed by atoms with Crippen LogP contribution in [0, 0.1) is 5.41 Å². The van der Waals surface area contributed by atoms with Crippen LogP contribution < -0.4 is 0 Å². The lowest BCUT2D eigenvalue weighted by Gasteiger charge is -2.36. The largest absolute Gasteiger partial charge is 0.481 e. The summed E-state index contributed by atoms with van der Waals surface area (Å²) in [6, 6.07) is 8.63. The average molecular weight is 314 g/mol. The number of carboxylic acid groups (broad SMARTS) is 1. The summed E-state index contributed by atoms with van der Waals surface area (Å²) in [5.74, 6) is 0.00341. The summed E-state index contributed by atoms with van der Waals surface area (Å²) in [7, 11) is 0. The molecule has 0 radical (unpaired) electrons. The maximum atomic E-state index is 11.9. The molecule has 1 N–H and O–H groups in total. The van der Waals surface area contributed by atoms with E-state index < -0.39 is 11.4 Å². The van der Waals surface area contributed by atoms with Crippen molar-refractivity contribution in [2.45, 2.75) is 83.0 Å². The van der Waals surface area contributed by atoms with Crippen LogP contribution in [0.15, 0.2) is 24.3 Å². The summed E-state index contributed by atoms with van der Waals surface area (Å²) >= 11 is 0. The van der Waals surface area contributed by atoms with Gasteiger partial charge in [-0.2, -0.15) is 0 Å². The molecule has 1 atom stereocenters. The molecule has 0 aromatic heterocycles. The molecule has 126 valence electrons. The summed E-state index contributed by atoms with van der Waals surface area (Å²) in [5.41, 5.74) is 2.22. The van der Waals surface area contributed by atoms with Crippen LogP contribution in [0.25, 0.3) is 0 Å². The van der Waals surface area contributed by atoms with Gasteiger partial charge < -0.3 is 5.11 Å². The lowest BCUT2D eigenvalue weighted by Crippen LogP contribution is -2.37. The molecule has 2 heteroatoms. The van der Waals surface area contributed by atoms with Crippen LogP contribution in [-0.4, -0.2) is 11.1 Å². The predicted molar refractivity (Wildman–Crippen MR) is 93.8 cm³/mol. The van der Waals surface area contributed by atoms with Crippen LogP contribution in [0.1, 0.15) is 88.7 Å². The molecule has 1 unspecified atom stereocenters. The lowest BCUT2D eigenvalue weighted by atomic mass is 9.68. The molecule has 23 heavy (non-hydrogen) atoms. The van der Waals surface area contributed by atoms with E-state index in [0.29, 0.717) is 11.3 Å². The van der Waals surface area contributed by atoms with Gasteiger partial charge in [-0.25, -0.2) is 0 Å². The van der Waals surface area contributed by atoms with E-state index in [9.17, 15) is 9.90 Å². The van der Waals surface area contributed by atoms with Crippen molar-refractivity contribution in [2.75, 3.05) is 0 Å². The van der Waals surface area contributed by atoms with Crippen LogP contribution >= 0.6 is 0 Å². The first kappa shape index (κ1) is 16.5. The number of hydrogen-bond acceptors (Lipinski definition) is 1. The predicted octanol–water partition coefficient (Wildman–Crippen LogP) is 5.66. The van der Waals surface area contributed by atoms with Crippen molar-refractivity contribution in [2.24, 2.45) is 5.41 Å². The molecule has 0 spiro atoms. The van der Waals surface area contributed by atoms with E-state index >= 15 is 0 Å². The number of aliphatic carboxylic acids is 1. The Labute approximate surface area is 140 Å². The van der Waals surface area contributed by atoms with Gasteiger partial charge in [0, 0.05) is 0 Å². The molecule has 0 bridgehead atoms. The van der Waals surface area contributed by atoms with Gasteiger partial charge in [0.15, 0.2) is 0 Å². The zero-order valence-corrected chi connectivity index (χ0v) is 14.6. The minimum absolute atomic E-state index is 0.438. The molecule has 0 amide bonds. The summed E-state index contributed by atoms with van der Waals surface area (Å²) in [4.78, 5) is 11.9. The Hall–Kier alpha value is -1.31. The summed E-state index contributed by atoms with van der Waals surface area (Å²) < 4.78 is 0. The number of carbonyl (C=O) groups is 1. The van der Waals surface area contributed by atoms with Gasteiger partial charge in [0.2, 0.25) is 0 Å². The Morgan fingerprint density at radius 1 is 1.00 bits per heavy atom. The maximum absolute atomic E-state index is 11.9. The second-order valence-corrected chi connectivity index (χ2v) is 8.53. The van der Waals surface area contributed by atoms with E-state index in [2.05, 4.69) is 38.1 Å². The normalized spacial score (nSPS) is 26.6. The minimum Gasteiger partial charge on any atom is -0.481 e. The molecule has 0 heterocycles. The van der Waals surface area contributed by atoms with Crippen LogP contribution in [0.3, 0.4) is 0 Å². The van der Waals surface area contributed by atoms with Gasteiger partial charge in [-0.1, -0.05) is 63.8 Å². The standard InChI is InChI=1S/C21H30O2/c1-20(2)12-6-7-17(15-20)16-8-10-18(11-9-16)21(19(22)23)13-4-3-5-14-21/h8-11,17H,3-7,12-15H2,1-2H3,(H,22,23). The zero-order valence-electron chi connectivity index (χ0n) is 14.6. The van der Waals surface area contributed by atoms with Crippen LogP contribution in [0.4, 0.5) is 0 Å². The second kappa shape index (κ2) is 6.30. The van der Waals surface area contributed by atoms with E-state index in [1.165, 1.54) is 37.7 Å². The Morgan fingerprint density at radius 3 is 2.22 bits per heavy atom. The smallest absolute Gasteiger partial charge is 0.314 e. The minimum atomic E-state index is -0.636. The molecule has 0 saturated heterocycles. The first-order chi connectivity index (χ1) is 10.9. The van der Waals surface area contributed by atoms with Crippen LogP contribution in [0.2, 0.25) is 0 Å². The first-order valence-corrected chi connectivity index (χ1v) is 9.27. The Balaban J connectivity index is 1.82. The molecule has 2 aliphatic rings. The third kappa shape index (κ3) is 3.32. The number of rotatable bonds is 3.